The third kappa shape index (κ3) is 4.58. The lowest BCUT2D eigenvalue weighted by Crippen LogP contribution is -1.99. The third-order valence-corrected chi connectivity index (χ3v) is 6.25. The van der Waals surface area contributed by atoms with E-state index in [1.165, 1.54) is 68.3 Å². The van der Waals surface area contributed by atoms with Gasteiger partial charge in [0.25, 0.3) is 0 Å². The first kappa shape index (κ1) is 19.8. The average molecular weight is 392 g/mol. The van der Waals surface area contributed by atoms with Gasteiger partial charge in [0.1, 0.15) is 11.5 Å². The molecular weight excluding hydrogens is 358 g/mol. The van der Waals surface area contributed by atoms with Crippen LogP contribution in [0.2, 0.25) is 0 Å². The lowest BCUT2D eigenvalue weighted by atomic mass is 9.89. The van der Waals surface area contributed by atoms with Crippen LogP contribution in [-0.2, 0) is 11.2 Å². The number of ether oxygens (including phenoxy) is 1. The molecule has 0 amide bonds. The first-order valence-electron chi connectivity index (χ1n) is 11.2. The molecular formula is C25H33N3O. The number of aliphatic imine (C=N–C) groups is 1. The van der Waals surface area contributed by atoms with E-state index in [-0.39, 0.29) is 0 Å². The summed E-state index contributed by atoms with van der Waals surface area (Å²) in [6.45, 7) is 2.32. The van der Waals surface area contributed by atoms with Crippen LogP contribution < -0.4 is 0 Å². The molecule has 0 saturated heterocycles. The molecule has 2 aromatic rings. The number of aromatic amines is 2. The smallest absolute Gasteiger partial charge is 0.146 e. The van der Waals surface area contributed by atoms with Crippen molar-refractivity contribution in [2.75, 3.05) is 7.11 Å². The second-order valence-corrected chi connectivity index (χ2v) is 8.25. The monoisotopic (exact) mass is 391 g/mol. The molecule has 2 aliphatic rings. The predicted octanol–water partition coefficient (Wildman–Crippen LogP) is 6.50. The minimum Gasteiger partial charge on any atom is -0.494 e. The summed E-state index contributed by atoms with van der Waals surface area (Å²) in [5, 5.41) is 0. The highest BCUT2D eigenvalue weighted by Gasteiger charge is 2.21. The summed E-state index contributed by atoms with van der Waals surface area (Å²) in [5.74, 6) is 1.43. The fraction of sp³-hybridized carbons (Fsp3) is 0.480. The van der Waals surface area contributed by atoms with Crippen molar-refractivity contribution >= 4 is 11.8 Å². The highest BCUT2D eigenvalue weighted by molar-refractivity contribution is 6.11. The first-order valence-corrected chi connectivity index (χ1v) is 11.2. The second kappa shape index (κ2) is 9.34. The maximum Gasteiger partial charge on any atom is 0.146 e. The number of aryl methyl sites for hydroxylation is 1. The van der Waals surface area contributed by atoms with E-state index >= 15 is 0 Å². The van der Waals surface area contributed by atoms with Gasteiger partial charge in [-0.3, -0.25) is 0 Å². The Labute approximate surface area is 174 Å². The van der Waals surface area contributed by atoms with E-state index in [0.29, 0.717) is 5.92 Å². The fourth-order valence-electron chi connectivity index (χ4n) is 4.58. The van der Waals surface area contributed by atoms with Crippen LogP contribution in [0.15, 0.2) is 46.9 Å². The topological polar surface area (TPSA) is 53.2 Å². The van der Waals surface area contributed by atoms with Crippen LogP contribution in [0.25, 0.3) is 6.08 Å². The average Bonchev–Trinajstić information content (AvgIpc) is 3.46. The first-order chi connectivity index (χ1) is 14.3. The van der Waals surface area contributed by atoms with Crippen LogP contribution in [0.5, 0.6) is 0 Å². The largest absolute Gasteiger partial charge is 0.494 e. The van der Waals surface area contributed by atoms with Crippen LogP contribution in [0.1, 0.15) is 86.9 Å². The second-order valence-electron chi connectivity index (χ2n) is 8.25. The molecule has 1 atom stereocenters. The molecule has 29 heavy (non-hydrogen) atoms. The van der Waals surface area contributed by atoms with Crippen LogP contribution in [0.3, 0.4) is 0 Å². The van der Waals surface area contributed by atoms with Crippen LogP contribution in [0.4, 0.5) is 0 Å². The van der Waals surface area contributed by atoms with Gasteiger partial charge in [-0.2, -0.15) is 0 Å². The summed E-state index contributed by atoms with van der Waals surface area (Å²) in [4.78, 5) is 11.8. The molecule has 1 aliphatic carbocycles. The molecule has 2 bridgehead atoms. The van der Waals surface area contributed by atoms with Gasteiger partial charge in [0.15, 0.2) is 0 Å². The van der Waals surface area contributed by atoms with E-state index in [0.717, 1.165) is 29.3 Å². The minimum atomic E-state index is 0.606. The quantitative estimate of drug-likeness (QED) is 0.614. The number of hydrogen-bond acceptors (Lipinski definition) is 2. The van der Waals surface area contributed by atoms with Crippen molar-refractivity contribution in [1.29, 1.82) is 0 Å². The Balaban J connectivity index is 1.69. The van der Waals surface area contributed by atoms with Gasteiger partial charge in [0, 0.05) is 23.7 Å². The standard InChI is InChI=1S/C25H33N3O/c1-3-18-11-8-6-4-5-7-9-12-19-15-20(18)22(27-19)16-24-25(29-2)17-23(28-24)21-13-10-14-26-21/h10,13-18,26-27H,3-9,11-12H2,1-2H3/b24-16-/t18-/m0/s1. The lowest BCUT2D eigenvalue weighted by molar-refractivity contribution is 0.303. The molecule has 2 aromatic heterocycles. The zero-order valence-corrected chi connectivity index (χ0v) is 17.8. The molecule has 154 valence electrons. The molecule has 2 N–H and O–H groups in total. The zero-order valence-electron chi connectivity index (χ0n) is 17.8. The van der Waals surface area contributed by atoms with E-state index < -0.39 is 0 Å². The Bertz CT molecular complexity index is 899. The number of aromatic nitrogens is 2. The number of hydrogen-bond donors (Lipinski definition) is 2. The van der Waals surface area contributed by atoms with Crippen LogP contribution in [0, 0.1) is 0 Å². The maximum absolute atomic E-state index is 5.65. The summed E-state index contributed by atoms with van der Waals surface area (Å²) < 4.78 is 5.65. The van der Waals surface area contributed by atoms with Gasteiger partial charge in [-0.15, -0.1) is 0 Å². The lowest BCUT2D eigenvalue weighted by Gasteiger charge is -2.15. The Morgan fingerprint density at radius 1 is 1.17 bits per heavy atom. The minimum absolute atomic E-state index is 0.606. The van der Waals surface area contributed by atoms with Crippen molar-refractivity contribution in [2.24, 2.45) is 4.99 Å². The molecule has 0 fully saturated rings. The van der Waals surface area contributed by atoms with Crippen LogP contribution in [-0.4, -0.2) is 22.8 Å². The van der Waals surface area contributed by atoms with Crippen LogP contribution >= 0.6 is 0 Å². The Morgan fingerprint density at radius 2 is 2.00 bits per heavy atom. The van der Waals surface area contributed by atoms with E-state index in [1.54, 1.807) is 7.11 Å². The normalized spacial score (nSPS) is 22.0. The van der Waals surface area contributed by atoms with Crippen molar-refractivity contribution in [2.45, 2.75) is 70.6 Å². The molecule has 4 nitrogen and oxygen atoms in total. The van der Waals surface area contributed by atoms with Gasteiger partial charge >= 0.3 is 0 Å². The summed E-state index contributed by atoms with van der Waals surface area (Å²) in [6.07, 6.45) is 17.8. The summed E-state index contributed by atoms with van der Waals surface area (Å²) in [6, 6.07) is 6.45. The Morgan fingerprint density at radius 3 is 2.76 bits per heavy atom. The molecule has 0 spiro atoms. The Kier molecular flexibility index (Phi) is 6.38. The number of nitrogens with zero attached hydrogens (tertiary/aromatic N) is 1. The van der Waals surface area contributed by atoms with Gasteiger partial charge in [0.05, 0.1) is 18.5 Å². The Hall–Kier alpha value is -2.49. The van der Waals surface area contributed by atoms with E-state index in [4.69, 9.17) is 9.73 Å². The zero-order chi connectivity index (χ0) is 20.1. The van der Waals surface area contributed by atoms with E-state index in [1.807, 2.05) is 24.4 Å². The molecule has 3 heterocycles. The third-order valence-electron chi connectivity index (χ3n) is 6.25. The summed E-state index contributed by atoms with van der Waals surface area (Å²) in [7, 11) is 1.72. The van der Waals surface area contributed by atoms with Crippen molar-refractivity contribution in [3.05, 3.63) is 64.6 Å². The number of nitrogens with one attached hydrogen (secondary N) is 2. The van der Waals surface area contributed by atoms with Gasteiger partial charge in [-0.05, 0) is 61.4 Å². The highest BCUT2D eigenvalue weighted by Crippen LogP contribution is 2.33. The number of rotatable bonds is 4. The number of fused-ring (bicyclic) bond motifs is 2. The molecule has 0 unspecified atom stereocenters. The van der Waals surface area contributed by atoms with Crippen molar-refractivity contribution < 1.29 is 4.74 Å². The maximum atomic E-state index is 5.65. The van der Waals surface area contributed by atoms with Gasteiger partial charge in [-0.1, -0.05) is 39.0 Å². The molecule has 1 aliphatic heterocycles. The molecule has 4 rings (SSSR count). The molecule has 0 aromatic carbocycles. The number of H-pyrrole nitrogens is 2. The summed E-state index contributed by atoms with van der Waals surface area (Å²) >= 11 is 0. The predicted molar refractivity (Wildman–Crippen MR) is 120 cm³/mol. The van der Waals surface area contributed by atoms with Gasteiger partial charge in [-0.25, -0.2) is 4.99 Å². The SMILES string of the molecule is CC[C@H]1CCCCCCCCc2cc1c(/C=C1\N=C(c3ccc[nH]3)C=C1OC)[nH]2. The van der Waals surface area contributed by atoms with Gasteiger partial charge in [0.2, 0.25) is 0 Å². The van der Waals surface area contributed by atoms with Crippen molar-refractivity contribution in [3.63, 3.8) is 0 Å². The molecule has 0 saturated carbocycles. The van der Waals surface area contributed by atoms with Crippen molar-refractivity contribution in [1.82, 2.24) is 9.97 Å². The summed E-state index contributed by atoms with van der Waals surface area (Å²) in [5.41, 5.74) is 6.85. The van der Waals surface area contributed by atoms with E-state index in [2.05, 4.69) is 29.0 Å². The molecule has 0 radical (unpaired) electrons. The number of methoxy groups -OCH3 is 1. The number of allylic oxidation sites excluding steroid dienone is 1. The van der Waals surface area contributed by atoms with Gasteiger partial charge < -0.3 is 14.7 Å². The molecule has 4 heteroatoms. The highest BCUT2D eigenvalue weighted by atomic mass is 16.5. The fourth-order valence-corrected chi connectivity index (χ4v) is 4.58. The van der Waals surface area contributed by atoms with Crippen molar-refractivity contribution in [3.8, 4) is 0 Å². The van der Waals surface area contributed by atoms with E-state index in [9.17, 15) is 0 Å².